The summed E-state index contributed by atoms with van der Waals surface area (Å²) in [5.74, 6) is 2.65. The molecular formula is C46H33N3O. The van der Waals surface area contributed by atoms with Gasteiger partial charge in [-0.2, -0.15) is 0 Å². The maximum absolute atomic E-state index is 6.56. The van der Waals surface area contributed by atoms with E-state index in [2.05, 4.69) is 180 Å². The quantitative estimate of drug-likeness (QED) is 0.201. The molecule has 7 aromatic carbocycles. The smallest absolute Gasteiger partial charge is 0.132 e. The van der Waals surface area contributed by atoms with Gasteiger partial charge in [-0.1, -0.05) is 164 Å². The fourth-order valence-corrected chi connectivity index (χ4v) is 8.29. The molecule has 238 valence electrons. The van der Waals surface area contributed by atoms with Gasteiger partial charge in [0.1, 0.15) is 29.7 Å². The average molecular weight is 644 g/mol. The molecule has 0 amide bonds. The van der Waals surface area contributed by atoms with Crippen molar-refractivity contribution in [3.63, 3.8) is 0 Å². The minimum absolute atomic E-state index is 0.163. The molecule has 50 heavy (non-hydrogen) atoms. The second-order valence-corrected chi connectivity index (χ2v) is 13.1. The van der Waals surface area contributed by atoms with Crippen LogP contribution in [-0.2, 0) is 5.41 Å². The van der Waals surface area contributed by atoms with Crippen molar-refractivity contribution in [3.8, 4) is 33.8 Å². The molecule has 7 aromatic rings. The van der Waals surface area contributed by atoms with E-state index in [0.717, 1.165) is 45.2 Å². The van der Waals surface area contributed by atoms with Crippen LogP contribution >= 0.6 is 0 Å². The predicted octanol–water partition coefficient (Wildman–Crippen LogP) is 10.2. The standard InChI is InChI=1S/C46H33N3O/c1-3-14-30(15-4-1)31-26-28-33(29-27-31)44-47-43(32-16-5-2-6-17-32)48-45(49-44)35-19-13-23-39-42(35)34-18-7-8-20-36(34)46(39)37-21-9-11-24-40(37)50-41-25-12-10-22-38(41)46/h1-29,44-45,49H,(H,47,48). The number of rotatable bonds is 4. The summed E-state index contributed by atoms with van der Waals surface area (Å²) in [6, 6.07) is 62.5. The van der Waals surface area contributed by atoms with Crippen LogP contribution < -0.4 is 15.4 Å². The van der Waals surface area contributed by atoms with Crippen molar-refractivity contribution in [1.82, 2.24) is 10.6 Å². The Balaban J connectivity index is 1.16. The third-order valence-corrected chi connectivity index (χ3v) is 10.5. The van der Waals surface area contributed by atoms with Crippen molar-refractivity contribution in [2.45, 2.75) is 17.7 Å². The molecule has 10 rings (SSSR count). The van der Waals surface area contributed by atoms with Crippen molar-refractivity contribution in [1.29, 1.82) is 0 Å². The summed E-state index contributed by atoms with van der Waals surface area (Å²) in [7, 11) is 0. The molecule has 0 saturated carbocycles. The molecule has 1 spiro atoms. The van der Waals surface area contributed by atoms with E-state index in [-0.39, 0.29) is 12.3 Å². The Hall–Kier alpha value is -6.23. The zero-order chi connectivity index (χ0) is 33.1. The van der Waals surface area contributed by atoms with Crippen LogP contribution in [0.3, 0.4) is 0 Å². The fourth-order valence-electron chi connectivity index (χ4n) is 8.29. The highest BCUT2D eigenvalue weighted by Gasteiger charge is 2.51. The molecule has 4 nitrogen and oxygen atoms in total. The number of aliphatic imine (C=N–C) groups is 1. The molecule has 4 heteroatoms. The van der Waals surface area contributed by atoms with Crippen LogP contribution in [0.4, 0.5) is 0 Å². The molecule has 2 N–H and O–H groups in total. The molecule has 0 radical (unpaired) electrons. The van der Waals surface area contributed by atoms with Crippen LogP contribution in [0.1, 0.15) is 51.3 Å². The molecule has 2 heterocycles. The largest absolute Gasteiger partial charge is 0.457 e. The summed E-state index contributed by atoms with van der Waals surface area (Å²) in [6.45, 7) is 0. The summed E-state index contributed by atoms with van der Waals surface area (Å²) >= 11 is 0. The lowest BCUT2D eigenvalue weighted by Crippen LogP contribution is -2.45. The van der Waals surface area contributed by atoms with E-state index in [9.17, 15) is 0 Å². The summed E-state index contributed by atoms with van der Waals surface area (Å²) in [5.41, 5.74) is 12.5. The van der Waals surface area contributed by atoms with E-state index >= 15 is 0 Å². The van der Waals surface area contributed by atoms with Gasteiger partial charge in [0.25, 0.3) is 0 Å². The number of hydrogen-bond donors (Lipinski definition) is 2. The number of hydrogen-bond acceptors (Lipinski definition) is 4. The first-order valence-corrected chi connectivity index (χ1v) is 17.2. The summed E-state index contributed by atoms with van der Waals surface area (Å²) in [6.07, 6.45) is -0.475. The monoisotopic (exact) mass is 643 g/mol. The normalized spacial score (nSPS) is 17.7. The molecule has 2 aliphatic heterocycles. The Kier molecular flexibility index (Phi) is 6.58. The molecule has 2 unspecified atom stereocenters. The second kappa shape index (κ2) is 11.4. The highest BCUT2D eigenvalue weighted by atomic mass is 16.5. The van der Waals surface area contributed by atoms with E-state index in [0.29, 0.717) is 0 Å². The molecule has 0 fully saturated rings. The first kappa shape index (κ1) is 28.8. The highest BCUT2D eigenvalue weighted by Crippen LogP contribution is 2.62. The maximum Gasteiger partial charge on any atom is 0.132 e. The average Bonchev–Trinajstić information content (AvgIpc) is 3.49. The van der Waals surface area contributed by atoms with E-state index in [1.807, 2.05) is 6.07 Å². The Morgan fingerprint density at radius 2 is 1.04 bits per heavy atom. The van der Waals surface area contributed by atoms with E-state index in [1.165, 1.54) is 33.4 Å². The van der Waals surface area contributed by atoms with Gasteiger partial charge in [0.05, 0.1) is 5.41 Å². The Bertz CT molecular complexity index is 2370. The molecule has 2 atom stereocenters. The van der Waals surface area contributed by atoms with Crippen LogP contribution in [0.15, 0.2) is 181 Å². The van der Waals surface area contributed by atoms with Crippen LogP contribution in [-0.4, -0.2) is 5.84 Å². The molecule has 0 saturated heterocycles. The van der Waals surface area contributed by atoms with Crippen molar-refractivity contribution in [3.05, 3.63) is 215 Å². The van der Waals surface area contributed by atoms with Gasteiger partial charge in [-0.3, -0.25) is 5.32 Å². The summed E-state index contributed by atoms with van der Waals surface area (Å²) < 4.78 is 6.56. The van der Waals surface area contributed by atoms with Gasteiger partial charge in [-0.25, -0.2) is 4.99 Å². The van der Waals surface area contributed by atoms with Gasteiger partial charge >= 0.3 is 0 Å². The van der Waals surface area contributed by atoms with Gasteiger partial charge in [0.15, 0.2) is 0 Å². The third kappa shape index (κ3) is 4.32. The topological polar surface area (TPSA) is 45.6 Å². The van der Waals surface area contributed by atoms with E-state index < -0.39 is 5.41 Å². The molecular weight excluding hydrogens is 611 g/mol. The van der Waals surface area contributed by atoms with Crippen LogP contribution in [0.25, 0.3) is 22.3 Å². The van der Waals surface area contributed by atoms with E-state index in [4.69, 9.17) is 9.73 Å². The fraction of sp³-hybridized carbons (Fsp3) is 0.0652. The van der Waals surface area contributed by atoms with Gasteiger partial charge in [0.2, 0.25) is 0 Å². The summed E-state index contributed by atoms with van der Waals surface area (Å²) in [5, 5.41) is 7.65. The Morgan fingerprint density at radius 3 is 1.74 bits per heavy atom. The Labute approximate surface area is 291 Å². The maximum atomic E-state index is 6.56. The van der Waals surface area contributed by atoms with Crippen LogP contribution in [0.5, 0.6) is 11.5 Å². The Morgan fingerprint density at radius 1 is 0.480 bits per heavy atom. The third-order valence-electron chi connectivity index (χ3n) is 10.5. The molecule has 3 aliphatic rings. The number of benzene rings is 7. The van der Waals surface area contributed by atoms with Crippen molar-refractivity contribution in [2.24, 2.45) is 4.99 Å². The second-order valence-electron chi connectivity index (χ2n) is 13.1. The zero-order valence-corrected chi connectivity index (χ0v) is 27.3. The zero-order valence-electron chi connectivity index (χ0n) is 27.3. The van der Waals surface area contributed by atoms with Crippen molar-refractivity contribution >= 4 is 5.84 Å². The SMILES string of the molecule is c1ccc(C2=NC(c3cccc4c3-c3ccccc3C43c4ccccc4Oc4ccccc43)NC(c3ccc(-c4ccccc4)cc3)N2)cc1. The van der Waals surface area contributed by atoms with Gasteiger partial charge in [-0.15, -0.1) is 0 Å². The van der Waals surface area contributed by atoms with Gasteiger partial charge in [0, 0.05) is 16.7 Å². The number of nitrogens with zero attached hydrogens (tertiary/aromatic N) is 1. The number of para-hydroxylation sites is 2. The lowest BCUT2D eigenvalue weighted by molar-refractivity contribution is 0.409. The summed E-state index contributed by atoms with van der Waals surface area (Å²) in [4.78, 5) is 5.41. The van der Waals surface area contributed by atoms with Crippen LogP contribution in [0, 0.1) is 0 Å². The number of amidine groups is 1. The molecule has 0 bridgehead atoms. The highest BCUT2D eigenvalue weighted by molar-refractivity contribution is 6.00. The van der Waals surface area contributed by atoms with Crippen molar-refractivity contribution in [2.75, 3.05) is 0 Å². The number of fused-ring (bicyclic) bond motifs is 9. The lowest BCUT2D eigenvalue weighted by atomic mass is 9.66. The van der Waals surface area contributed by atoms with Crippen molar-refractivity contribution < 1.29 is 4.74 Å². The van der Waals surface area contributed by atoms with E-state index in [1.54, 1.807) is 0 Å². The number of nitrogens with one attached hydrogen (secondary N) is 2. The number of ether oxygens (including phenoxy) is 1. The lowest BCUT2D eigenvalue weighted by Gasteiger charge is -2.39. The molecule has 0 aromatic heterocycles. The first-order chi connectivity index (χ1) is 24.8. The first-order valence-electron chi connectivity index (χ1n) is 17.2. The molecule has 1 aliphatic carbocycles. The minimum Gasteiger partial charge on any atom is -0.457 e. The predicted molar refractivity (Wildman–Crippen MR) is 200 cm³/mol. The van der Waals surface area contributed by atoms with Gasteiger partial charge < -0.3 is 10.1 Å². The minimum atomic E-state index is -0.529. The van der Waals surface area contributed by atoms with Gasteiger partial charge in [-0.05, 0) is 56.6 Å². The van der Waals surface area contributed by atoms with Crippen LogP contribution in [0.2, 0.25) is 0 Å².